The highest BCUT2D eigenvalue weighted by molar-refractivity contribution is 9.10. The van der Waals surface area contributed by atoms with E-state index in [0.29, 0.717) is 12.2 Å². The third kappa shape index (κ3) is 7.48. The molecule has 1 aliphatic heterocycles. The Morgan fingerprint density at radius 1 is 1.43 bits per heavy atom. The zero-order valence-corrected chi connectivity index (χ0v) is 16.0. The van der Waals surface area contributed by atoms with Crippen molar-refractivity contribution >= 4 is 58.4 Å². The predicted octanol–water partition coefficient (Wildman–Crippen LogP) is 2.23. The van der Waals surface area contributed by atoms with Gasteiger partial charge in [-0.3, -0.25) is 9.59 Å². The van der Waals surface area contributed by atoms with Crippen LogP contribution in [0.1, 0.15) is 19.3 Å². The molecule has 6 nitrogen and oxygen atoms in total. The number of rotatable bonds is 5. The smallest absolute Gasteiger partial charge is 0.245 e. The molecule has 0 bridgehead atoms. The van der Waals surface area contributed by atoms with Crippen molar-refractivity contribution < 1.29 is 9.59 Å². The number of carbonyl (C=O) groups excluding carboxylic acids is 2. The Morgan fingerprint density at radius 3 is 2.74 bits per heavy atom. The molecule has 2 rings (SSSR count). The van der Waals surface area contributed by atoms with Crippen LogP contribution in [0.3, 0.4) is 0 Å². The number of carbonyl (C=O) groups is 2. The lowest BCUT2D eigenvalue weighted by Crippen LogP contribution is -2.38. The summed E-state index contributed by atoms with van der Waals surface area (Å²) in [4.78, 5) is 29.4. The average Bonchev–Trinajstić information content (AvgIpc) is 2.94. The highest BCUT2D eigenvalue weighted by Gasteiger charge is 2.21. The van der Waals surface area contributed by atoms with Gasteiger partial charge in [0.25, 0.3) is 0 Å². The first-order valence-electron chi connectivity index (χ1n) is 6.93. The first kappa shape index (κ1) is 22.1. The molecule has 2 amide bonds. The van der Waals surface area contributed by atoms with Gasteiger partial charge in [-0.05, 0) is 47.4 Å². The number of likely N-dealkylation sites (N-methyl/N-ethyl adjacent to an activating group) is 1. The molecule has 0 radical (unpaired) electrons. The zero-order valence-electron chi connectivity index (χ0n) is 12.8. The maximum atomic E-state index is 12.0. The Hall–Kier alpha value is -0.890. The second-order valence-electron chi connectivity index (χ2n) is 5.16. The van der Waals surface area contributed by atoms with Crippen molar-refractivity contribution in [3.8, 4) is 0 Å². The second-order valence-corrected chi connectivity index (χ2v) is 6.07. The van der Waals surface area contributed by atoms with E-state index in [1.54, 1.807) is 25.4 Å². The Bertz CT molecular complexity index is 510. The lowest BCUT2D eigenvalue weighted by atomic mass is 10.1. The number of aromatic nitrogens is 1. The SMILES string of the molecule is CN(CC(=O)Nc1ccc(Br)cn1)C(=O)CC1CCCN1.Cl.Cl. The minimum absolute atomic E-state index is 0. The van der Waals surface area contributed by atoms with E-state index in [9.17, 15) is 9.59 Å². The van der Waals surface area contributed by atoms with Crippen molar-refractivity contribution in [2.75, 3.05) is 25.5 Å². The van der Waals surface area contributed by atoms with Crippen LogP contribution < -0.4 is 10.6 Å². The van der Waals surface area contributed by atoms with Gasteiger partial charge in [0.15, 0.2) is 0 Å². The minimum atomic E-state index is -0.250. The van der Waals surface area contributed by atoms with E-state index in [2.05, 4.69) is 31.5 Å². The second kappa shape index (κ2) is 10.8. The summed E-state index contributed by atoms with van der Waals surface area (Å²) in [5.41, 5.74) is 0. The molecule has 0 aliphatic carbocycles. The molecule has 2 heterocycles. The summed E-state index contributed by atoms with van der Waals surface area (Å²) in [6, 6.07) is 3.74. The molecular formula is C14H21BrCl2N4O2. The number of nitrogens with zero attached hydrogens (tertiary/aromatic N) is 2. The Labute approximate surface area is 156 Å². The quantitative estimate of drug-likeness (QED) is 0.755. The highest BCUT2D eigenvalue weighted by Crippen LogP contribution is 2.11. The van der Waals surface area contributed by atoms with Crippen LogP contribution in [0.4, 0.5) is 5.82 Å². The van der Waals surface area contributed by atoms with E-state index in [1.807, 2.05) is 0 Å². The standard InChI is InChI=1S/C14H19BrN4O2.2ClH/c1-19(14(21)7-11-3-2-6-16-11)9-13(20)18-12-5-4-10(15)8-17-12;;/h4-5,8,11,16H,2-3,6-7,9H2,1H3,(H,17,18,20);2*1H. The van der Waals surface area contributed by atoms with E-state index < -0.39 is 0 Å². The van der Waals surface area contributed by atoms with Gasteiger partial charge in [-0.1, -0.05) is 0 Å². The lowest BCUT2D eigenvalue weighted by molar-refractivity contribution is -0.133. The van der Waals surface area contributed by atoms with Gasteiger partial charge in [0, 0.05) is 30.2 Å². The molecule has 1 aromatic heterocycles. The summed E-state index contributed by atoms with van der Waals surface area (Å²) in [6.45, 7) is 1.00. The first-order chi connectivity index (χ1) is 10.0. The Balaban J connectivity index is 0.00000242. The van der Waals surface area contributed by atoms with E-state index in [0.717, 1.165) is 23.9 Å². The fraction of sp³-hybridized carbons (Fsp3) is 0.500. The summed E-state index contributed by atoms with van der Waals surface area (Å²) in [6.07, 6.45) is 4.18. The van der Waals surface area contributed by atoms with Gasteiger partial charge < -0.3 is 15.5 Å². The molecule has 0 spiro atoms. The van der Waals surface area contributed by atoms with Crippen LogP contribution >= 0.6 is 40.7 Å². The predicted molar refractivity (Wildman–Crippen MR) is 98.3 cm³/mol. The van der Waals surface area contributed by atoms with Crippen molar-refractivity contribution in [2.45, 2.75) is 25.3 Å². The Morgan fingerprint density at radius 2 is 2.17 bits per heavy atom. The summed E-state index contributed by atoms with van der Waals surface area (Å²) < 4.78 is 0.844. The van der Waals surface area contributed by atoms with Crippen molar-refractivity contribution in [1.82, 2.24) is 15.2 Å². The zero-order chi connectivity index (χ0) is 15.2. The topological polar surface area (TPSA) is 74.3 Å². The van der Waals surface area contributed by atoms with Gasteiger partial charge in [0.05, 0.1) is 6.54 Å². The molecule has 9 heteroatoms. The molecular weight excluding hydrogens is 407 g/mol. The van der Waals surface area contributed by atoms with E-state index in [4.69, 9.17) is 0 Å². The third-order valence-electron chi connectivity index (χ3n) is 3.38. The monoisotopic (exact) mass is 426 g/mol. The largest absolute Gasteiger partial charge is 0.336 e. The highest BCUT2D eigenvalue weighted by atomic mass is 79.9. The van der Waals surface area contributed by atoms with Gasteiger partial charge >= 0.3 is 0 Å². The molecule has 2 N–H and O–H groups in total. The van der Waals surface area contributed by atoms with Crippen LogP contribution in [-0.2, 0) is 9.59 Å². The number of amides is 2. The molecule has 130 valence electrons. The molecule has 23 heavy (non-hydrogen) atoms. The minimum Gasteiger partial charge on any atom is -0.336 e. The number of halogens is 3. The molecule has 1 unspecified atom stereocenters. The van der Waals surface area contributed by atoms with Gasteiger partial charge in [0.1, 0.15) is 5.82 Å². The summed E-state index contributed by atoms with van der Waals surface area (Å²) >= 11 is 3.28. The van der Waals surface area contributed by atoms with Crippen molar-refractivity contribution in [1.29, 1.82) is 0 Å². The molecule has 1 atom stereocenters. The number of pyridine rings is 1. The van der Waals surface area contributed by atoms with Crippen LogP contribution in [0.25, 0.3) is 0 Å². The van der Waals surface area contributed by atoms with Gasteiger partial charge in [0.2, 0.25) is 11.8 Å². The first-order valence-corrected chi connectivity index (χ1v) is 7.72. The summed E-state index contributed by atoms with van der Waals surface area (Å²) in [5.74, 6) is 0.204. The number of hydrogen-bond acceptors (Lipinski definition) is 4. The number of anilines is 1. The number of hydrogen-bond donors (Lipinski definition) is 2. The maximum absolute atomic E-state index is 12.0. The van der Waals surface area contributed by atoms with Gasteiger partial charge in [-0.2, -0.15) is 0 Å². The number of nitrogens with one attached hydrogen (secondary N) is 2. The van der Waals surface area contributed by atoms with Crippen molar-refractivity contribution in [3.05, 3.63) is 22.8 Å². The molecule has 1 aliphatic rings. The van der Waals surface area contributed by atoms with Crippen LogP contribution in [0.15, 0.2) is 22.8 Å². The van der Waals surface area contributed by atoms with Crippen molar-refractivity contribution in [3.63, 3.8) is 0 Å². The van der Waals surface area contributed by atoms with E-state index >= 15 is 0 Å². The van der Waals surface area contributed by atoms with Crippen LogP contribution in [0.5, 0.6) is 0 Å². The van der Waals surface area contributed by atoms with E-state index in [1.165, 1.54) is 4.90 Å². The fourth-order valence-corrected chi connectivity index (χ4v) is 2.47. The molecule has 0 saturated carbocycles. The van der Waals surface area contributed by atoms with Crippen LogP contribution in [0.2, 0.25) is 0 Å². The Kier molecular flexibility index (Phi) is 10.4. The fourth-order valence-electron chi connectivity index (χ4n) is 2.23. The molecule has 1 aromatic rings. The normalized spacial score (nSPS) is 16.0. The van der Waals surface area contributed by atoms with Gasteiger partial charge in [-0.15, -0.1) is 24.8 Å². The van der Waals surface area contributed by atoms with Crippen molar-refractivity contribution in [2.24, 2.45) is 0 Å². The third-order valence-corrected chi connectivity index (χ3v) is 3.85. The molecule has 1 fully saturated rings. The summed E-state index contributed by atoms with van der Waals surface area (Å²) in [7, 11) is 1.64. The molecule has 0 aromatic carbocycles. The van der Waals surface area contributed by atoms with Crippen LogP contribution in [0, 0.1) is 0 Å². The average molecular weight is 428 g/mol. The van der Waals surface area contributed by atoms with Crippen LogP contribution in [-0.4, -0.2) is 47.9 Å². The summed E-state index contributed by atoms with van der Waals surface area (Å²) in [5, 5.41) is 5.95. The maximum Gasteiger partial charge on any atom is 0.245 e. The molecule has 1 saturated heterocycles. The van der Waals surface area contributed by atoms with E-state index in [-0.39, 0.29) is 49.2 Å². The lowest BCUT2D eigenvalue weighted by Gasteiger charge is -2.19. The van der Waals surface area contributed by atoms with Gasteiger partial charge in [-0.25, -0.2) is 4.98 Å².